The number of fused-ring (bicyclic) bond motifs is 1. The molecule has 130 valence electrons. The van der Waals surface area contributed by atoms with E-state index in [4.69, 9.17) is 4.74 Å². The van der Waals surface area contributed by atoms with Gasteiger partial charge in [-0.2, -0.15) is 0 Å². The molecule has 0 atom stereocenters. The minimum atomic E-state index is -0.101. The number of H-pyrrole nitrogens is 1. The van der Waals surface area contributed by atoms with Crippen LogP contribution < -0.4 is 10.5 Å². The van der Waals surface area contributed by atoms with Crippen LogP contribution in [-0.4, -0.2) is 46.5 Å². The molecule has 2 aromatic heterocycles. The lowest BCUT2D eigenvalue weighted by molar-refractivity contribution is 0.122. The summed E-state index contributed by atoms with van der Waals surface area (Å²) < 4.78 is 6.23. The molecule has 4 rings (SSSR count). The molecule has 1 aromatic carbocycles. The lowest BCUT2D eigenvalue weighted by Crippen LogP contribution is -2.36. The average molecular weight is 375 g/mol. The number of aromatic nitrogens is 4. The molecule has 0 bridgehead atoms. The van der Waals surface area contributed by atoms with Gasteiger partial charge in [0.15, 0.2) is 4.34 Å². The summed E-state index contributed by atoms with van der Waals surface area (Å²) in [5, 5.41) is 10.0. The van der Waals surface area contributed by atoms with Gasteiger partial charge in [-0.3, -0.25) is 4.79 Å². The van der Waals surface area contributed by atoms with Crippen molar-refractivity contribution < 1.29 is 4.74 Å². The van der Waals surface area contributed by atoms with Crippen LogP contribution in [0.15, 0.2) is 27.3 Å². The van der Waals surface area contributed by atoms with Crippen molar-refractivity contribution >= 4 is 39.1 Å². The Kier molecular flexibility index (Phi) is 4.69. The van der Waals surface area contributed by atoms with Crippen molar-refractivity contribution in [2.24, 2.45) is 0 Å². The second-order valence-corrected chi connectivity index (χ2v) is 7.90. The van der Waals surface area contributed by atoms with Crippen molar-refractivity contribution in [3.8, 4) is 0 Å². The van der Waals surface area contributed by atoms with Gasteiger partial charge < -0.3 is 14.6 Å². The third-order valence-corrected chi connectivity index (χ3v) is 6.13. The Labute approximate surface area is 152 Å². The molecule has 1 saturated heterocycles. The van der Waals surface area contributed by atoms with Crippen LogP contribution in [0.5, 0.6) is 0 Å². The standard InChI is InChI=1S/C16H17N5O2S2/c1-10-3-2-4-11-13(10)17-12(18-14(11)22)9-24-16-20-19-15(25-16)21-5-7-23-8-6-21/h2-4H,5-9H2,1H3,(H,17,18,22). The molecule has 1 N–H and O–H groups in total. The first kappa shape index (κ1) is 16.5. The summed E-state index contributed by atoms with van der Waals surface area (Å²) in [6.45, 7) is 5.11. The first-order chi connectivity index (χ1) is 12.2. The monoisotopic (exact) mass is 375 g/mol. The van der Waals surface area contributed by atoms with Gasteiger partial charge in [-0.25, -0.2) is 4.98 Å². The van der Waals surface area contributed by atoms with Crippen molar-refractivity contribution in [1.29, 1.82) is 0 Å². The van der Waals surface area contributed by atoms with Crippen molar-refractivity contribution in [2.45, 2.75) is 17.0 Å². The van der Waals surface area contributed by atoms with Crippen LogP contribution in [0.2, 0.25) is 0 Å². The number of benzene rings is 1. The van der Waals surface area contributed by atoms with E-state index in [1.165, 1.54) is 11.8 Å². The number of rotatable bonds is 4. The van der Waals surface area contributed by atoms with Crippen molar-refractivity contribution in [3.05, 3.63) is 39.9 Å². The highest BCUT2D eigenvalue weighted by molar-refractivity contribution is 8.00. The fraction of sp³-hybridized carbons (Fsp3) is 0.375. The number of hydrogen-bond acceptors (Lipinski definition) is 8. The molecule has 1 aliphatic rings. The minimum absolute atomic E-state index is 0.101. The van der Waals surface area contributed by atoms with Crippen LogP contribution in [0.3, 0.4) is 0 Å². The fourth-order valence-corrected chi connectivity index (χ4v) is 4.46. The molecule has 9 heteroatoms. The Morgan fingerprint density at radius 1 is 1.32 bits per heavy atom. The maximum Gasteiger partial charge on any atom is 0.258 e. The number of aryl methyl sites for hydroxylation is 1. The maximum absolute atomic E-state index is 12.2. The molecule has 1 fully saturated rings. The second kappa shape index (κ2) is 7.11. The van der Waals surface area contributed by atoms with Crippen LogP contribution in [-0.2, 0) is 10.5 Å². The van der Waals surface area contributed by atoms with E-state index in [0.717, 1.165) is 46.9 Å². The van der Waals surface area contributed by atoms with E-state index in [9.17, 15) is 4.79 Å². The van der Waals surface area contributed by atoms with Gasteiger partial charge in [0, 0.05) is 13.1 Å². The summed E-state index contributed by atoms with van der Waals surface area (Å²) >= 11 is 3.10. The van der Waals surface area contributed by atoms with Crippen molar-refractivity contribution in [2.75, 3.05) is 31.2 Å². The molecule has 3 heterocycles. The summed E-state index contributed by atoms with van der Waals surface area (Å²) in [6.07, 6.45) is 0. The number of nitrogens with one attached hydrogen (secondary N) is 1. The average Bonchev–Trinajstić information content (AvgIpc) is 3.11. The summed E-state index contributed by atoms with van der Waals surface area (Å²) in [5.41, 5.74) is 1.66. The SMILES string of the molecule is Cc1cccc2c(=O)[nH]c(CSc3nnc(N4CCOCC4)s3)nc12. The highest BCUT2D eigenvalue weighted by atomic mass is 32.2. The maximum atomic E-state index is 12.2. The van der Waals surface area contributed by atoms with Crippen LogP contribution >= 0.6 is 23.1 Å². The topological polar surface area (TPSA) is 84.0 Å². The lowest BCUT2D eigenvalue weighted by Gasteiger charge is -2.25. The van der Waals surface area contributed by atoms with Crippen LogP contribution in [0.4, 0.5) is 5.13 Å². The zero-order valence-electron chi connectivity index (χ0n) is 13.7. The zero-order valence-corrected chi connectivity index (χ0v) is 15.3. The third kappa shape index (κ3) is 3.53. The van der Waals surface area contributed by atoms with E-state index < -0.39 is 0 Å². The van der Waals surface area contributed by atoms with Gasteiger partial charge in [0.1, 0.15) is 5.82 Å². The number of ether oxygens (including phenoxy) is 1. The summed E-state index contributed by atoms with van der Waals surface area (Å²) in [6, 6.07) is 5.63. The second-order valence-electron chi connectivity index (χ2n) is 5.72. The molecular weight excluding hydrogens is 358 g/mol. The van der Waals surface area contributed by atoms with E-state index in [1.807, 2.05) is 19.1 Å². The molecule has 25 heavy (non-hydrogen) atoms. The fourth-order valence-electron chi connectivity index (χ4n) is 2.69. The quantitative estimate of drug-likeness (QED) is 0.700. The Bertz CT molecular complexity index is 949. The number of para-hydroxylation sites is 1. The first-order valence-corrected chi connectivity index (χ1v) is 9.78. The lowest BCUT2D eigenvalue weighted by atomic mass is 10.1. The normalized spacial score (nSPS) is 15.0. The molecule has 0 spiro atoms. The van der Waals surface area contributed by atoms with Gasteiger partial charge in [0.25, 0.3) is 5.56 Å². The molecular formula is C16H17N5O2S2. The number of morpholine rings is 1. The van der Waals surface area contributed by atoms with E-state index in [0.29, 0.717) is 17.0 Å². The molecule has 3 aromatic rings. The van der Waals surface area contributed by atoms with Crippen molar-refractivity contribution in [1.82, 2.24) is 20.2 Å². The molecule has 0 saturated carbocycles. The summed E-state index contributed by atoms with van der Waals surface area (Å²) in [4.78, 5) is 21.9. The minimum Gasteiger partial charge on any atom is -0.378 e. The van der Waals surface area contributed by atoms with E-state index in [1.54, 1.807) is 17.4 Å². The van der Waals surface area contributed by atoms with Crippen LogP contribution in [0.25, 0.3) is 10.9 Å². The third-order valence-electron chi connectivity index (χ3n) is 4.00. The molecule has 0 radical (unpaired) electrons. The Balaban J connectivity index is 1.50. The number of anilines is 1. The Morgan fingerprint density at radius 2 is 2.16 bits per heavy atom. The predicted molar refractivity (Wildman–Crippen MR) is 99.6 cm³/mol. The van der Waals surface area contributed by atoms with Gasteiger partial charge in [-0.05, 0) is 18.6 Å². The summed E-state index contributed by atoms with van der Waals surface area (Å²) in [5.74, 6) is 1.21. The predicted octanol–water partition coefficient (Wildman–Crippen LogP) is 2.21. The number of hydrogen-bond donors (Lipinski definition) is 1. The largest absolute Gasteiger partial charge is 0.378 e. The van der Waals surface area contributed by atoms with Gasteiger partial charge in [-0.1, -0.05) is 35.2 Å². The van der Waals surface area contributed by atoms with Gasteiger partial charge >= 0.3 is 0 Å². The van der Waals surface area contributed by atoms with E-state index in [-0.39, 0.29) is 5.56 Å². The number of nitrogens with zero attached hydrogens (tertiary/aromatic N) is 4. The molecule has 1 aliphatic heterocycles. The molecule has 7 nitrogen and oxygen atoms in total. The van der Waals surface area contributed by atoms with Gasteiger partial charge in [0.2, 0.25) is 5.13 Å². The first-order valence-electron chi connectivity index (χ1n) is 7.98. The van der Waals surface area contributed by atoms with Crippen LogP contribution in [0, 0.1) is 6.92 Å². The van der Waals surface area contributed by atoms with Crippen LogP contribution in [0.1, 0.15) is 11.4 Å². The Morgan fingerprint density at radius 3 is 3.00 bits per heavy atom. The highest BCUT2D eigenvalue weighted by Crippen LogP contribution is 2.30. The number of aromatic amines is 1. The van der Waals surface area contributed by atoms with E-state index in [2.05, 4.69) is 25.1 Å². The highest BCUT2D eigenvalue weighted by Gasteiger charge is 2.16. The number of thioether (sulfide) groups is 1. The molecule has 0 amide bonds. The van der Waals surface area contributed by atoms with Gasteiger partial charge in [-0.15, -0.1) is 10.2 Å². The molecule has 0 aliphatic carbocycles. The van der Waals surface area contributed by atoms with Crippen molar-refractivity contribution in [3.63, 3.8) is 0 Å². The summed E-state index contributed by atoms with van der Waals surface area (Å²) in [7, 11) is 0. The smallest absolute Gasteiger partial charge is 0.258 e. The zero-order chi connectivity index (χ0) is 17.2. The van der Waals surface area contributed by atoms with E-state index >= 15 is 0 Å². The van der Waals surface area contributed by atoms with Gasteiger partial charge in [0.05, 0.1) is 29.9 Å². The Hall–Kier alpha value is -1.97. The molecule has 0 unspecified atom stereocenters.